The van der Waals surface area contributed by atoms with Crippen LogP contribution in [0, 0.1) is 0 Å². The summed E-state index contributed by atoms with van der Waals surface area (Å²) >= 11 is 0. The van der Waals surface area contributed by atoms with Gasteiger partial charge in [0, 0.05) is 32.4 Å². The fourth-order valence-corrected chi connectivity index (χ4v) is 3.92. The van der Waals surface area contributed by atoms with Crippen LogP contribution in [0.25, 0.3) is 0 Å². The van der Waals surface area contributed by atoms with Gasteiger partial charge in [0.05, 0.1) is 31.1 Å². The van der Waals surface area contributed by atoms with Gasteiger partial charge in [-0.15, -0.1) is 0 Å². The van der Waals surface area contributed by atoms with Crippen LogP contribution < -0.4 is 20.0 Å². The molecule has 0 spiro atoms. The van der Waals surface area contributed by atoms with E-state index in [-0.39, 0.29) is 12.1 Å². The molecule has 0 aromatic carbocycles. The number of fused-ring (bicyclic) bond motifs is 4. The van der Waals surface area contributed by atoms with Gasteiger partial charge in [0.2, 0.25) is 0 Å². The molecule has 9 nitrogen and oxygen atoms in total. The van der Waals surface area contributed by atoms with Crippen LogP contribution in [-0.4, -0.2) is 69.4 Å². The first kappa shape index (κ1) is 18.4. The maximum Gasteiger partial charge on any atom is 0.329 e. The number of aromatic nitrogens is 1. The third kappa shape index (κ3) is 3.45. The number of amides is 2. The lowest BCUT2D eigenvalue weighted by Crippen LogP contribution is -2.50. The molecule has 4 rings (SSSR count). The number of carbonyl (C=O) groups excluding carboxylic acids is 1. The number of nitrogens with one attached hydrogen (secondary N) is 1. The van der Waals surface area contributed by atoms with Crippen molar-refractivity contribution in [3.63, 3.8) is 0 Å². The Hall–Kier alpha value is -2.94. The molecular weight excluding hydrogens is 358 g/mol. The van der Waals surface area contributed by atoms with E-state index < -0.39 is 0 Å². The summed E-state index contributed by atoms with van der Waals surface area (Å²) in [6.45, 7) is 9.94. The molecule has 148 valence electrons. The van der Waals surface area contributed by atoms with Gasteiger partial charge in [-0.25, -0.2) is 14.8 Å². The molecule has 0 aliphatic carbocycles. The van der Waals surface area contributed by atoms with Crippen LogP contribution in [0.15, 0.2) is 34.1 Å². The second-order valence-electron chi connectivity index (χ2n) is 6.88. The van der Waals surface area contributed by atoms with Crippen LogP contribution in [0.4, 0.5) is 22.1 Å². The number of nitrogens with zero attached hydrogens (tertiary/aromatic N) is 6. The van der Waals surface area contributed by atoms with E-state index in [2.05, 4.69) is 37.9 Å². The Morgan fingerprint density at radius 1 is 1.32 bits per heavy atom. The van der Waals surface area contributed by atoms with E-state index in [1.54, 1.807) is 18.0 Å². The zero-order valence-electron chi connectivity index (χ0n) is 16.0. The first-order valence-electron chi connectivity index (χ1n) is 9.55. The first-order valence-corrected chi connectivity index (χ1v) is 9.55. The van der Waals surface area contributed by atoms with Gasteiger partial charge in [-0.1, -0.05) is 0 Å². The minimum Gasteiger partial charge on any atom is -0.378 e. The Balaban J connectivity index is 1.66. The monoisotopic (exact) mass is 383 g/mol. The van der Waals surface area contributed by atoms with E-state index in [9.17, 15) is 4.79 Å². The Labute approximate surface area is 164 Å². The molecule has 0 radical (unpaired) electrons. The summed E-state index contributed by atoms with van der Waals surface area (Å²) in [4.78, 5) is 32.1. The second kappa shape index (κ2) is 7.97. The molecule has 1 atom stereocenters. The lowest BCUT2D eigenvalue weighted by molar-refractivity contribution is 0.122. The predicted molar refractivity (Wildman–Crippen MR) is 111 cm³/mol. The van der Waals surface area contributed by atoms with E-state index in [0.29, 0.717) is 24.9 Å². The number of carbonyl (C=O) groups is 1. The Morgan fingerprint density at radius 3 is 2.89 bits per heavy atom. The lowest BCUT2D eigenvalue weighted by Gasteiger charge is -2.37. The molecular formula is C19H25N7O2. The fraction of sp³-hybridized carbons (Fsp3) is 0.474. The van der Waals surface area contributed by atoms with E-state index in [1.165, 1.54) is 6.20 Å². The molecule has 3 aliphatic heterocycles. The predicted octanol–water partition coefficient (Wildman–Crippen LogP) is 1.62. The minimum atomic E-state index is -0.250. The lowest BCUT2D eigenvalue weighted by atomic mass is 10.2. The summed E-state index contributed by atoms with van der Waals surface area (Å²) in [5, 5.41) is 2.84. The van der Waals surface area contributed by atoms with E-state index in [0.717, 1.165) is 44.1 Å². The zero-order valence-corrected chi connectivity index (χ0v) is 16.0. The minimum absolute atomic E-state index is 0.0866. The van der Waals surface area contributed by atoms with Gasteiger partial charge >= 0.3 is 6.03 Å². The molecule has 9 heteroatoms. The Kier molecular flexibility index (Phi) is 5.25. The van der Waals surface area contributed by atoms with Crippen LogP contribution >= 0.6 is 0 Å². The number of anilines is 3. The van der Waals surface area contributed by atoms with Crippen molar-refractivity contribution in [3.8, 4) is 0 Å². The Bertz CT molecular complexity index is 817. The van der Waals surface area contributed by atoms with Gasteiger partial charge in [-0.2, -0.15) is 0 Å². The fourth-order valence-electron chi connectivity index (χ4n) is 3.92. The van der Waals surface area contributed by atoms with Crippen molar-refractivity contribution in [2.24, 2.45) is 9.98 Å². The maximum absolute atomic E-state index is 13.1. The maximum atomic E-state index is 13.1. The summed E-state index contributed by atoms with van der Waals surface area (Å²) in [5.41, 5.74) is 0.993. The number of ether oxygens (including phenoxy) is 1. The molecule has 4 heterocycles. The van der Waals surface area contributed by atoms with Crippen molar-refractivity contribution in [2.75, 3.05) is 54.1 Å². The van der Waals surface area contributed by atoms with Crippen LogP contribution in [0.5, 0.6) is 0 Å². The summed E-state index contributed by atoms with van der Waals surface area (Å²) in [6, 6.07) is 3.94. The molecule has 2 fully saturated rings. The highest BCUT2D eigenvalue weighted by molar-refractivity contribution is 5.98. The van der Waals surface area contributed by atoms with Gasteiger partial charge in [0.15, 0.2) is 11.6 Å². The van der Waals surface area contributed by atoms with Crippen molar-refractivity contribution in [2.45, 2.75) is 19.4 Å². The zero-order chi connectivity index (χ0) is 19.5. The quantitative estimate of drug-likeness (QED) is 0.799. The van der Waals surface area contributed by atoms with Crippen molar-refractivity contribution < 1.29 is 9.53 Å². The summed E-state index contributed by atoms with van der Waals surface area (Å²) in [7, 11) is 0. The normalized spacial score (nSPS) is 21.8. The van der Waals surface area contributed by atoms with Gasteiger partial charge in [-0.3, -0.25) is 15.2 Å². The first-order chi connectivity index (χ1) is 13.7. The standard InChI is InChI=1S/C19H25N7O2/c1-3-21-16(12-20-2)22-19(27)26-14-6-7-25(13-14)15-4-5-17(23-18(15)26)24-8-10-28-11-9-24/h3-5,12,14H,2,6-11,13H2,1H3,(H,22,27)/b16-12+,21-3-/t14-/m0/s1. The molecule has 28 heavy (non-hydrogen) atoms. The van der Waals surface area contributed by atoms with E-state index in [4.69, 9.17) is 9.72 Å². The number of urea groups is 1. The highest BCUT2D eigenvalue weighted by Gasteiger charge is 2.40. The van der Waals surface area contributed by atoms with Crippen LogP contribution in [0.3, 0.4) is 0 Å². The third-order valence-corrected chi connectivity index (χ3v) is 5.21. The molecule has 0 unspecified atom stereocenters. The van der Waals surface area contributed by atoms with Crippen molar-refractivity contribution >= 4 is 36.3 Å². The van der Waals surface area contributed by atoms with Crippen LogP contribution in [-0.2, 0) is 4.74 Å². The number of rotatable bonds is 4. The number of pyridine rings is 1. The third-order valence-electron chi connectivity index (χ3n) is 5.21. The Morgan fingerprint density at radius 2 is 2.14 bits per heavy atom. The van der Waals surface area contributed by atoms with Gasteiger partial charge in [-0.05, 0) is 32.2 Å². The highest BCUT2D eigenvalue weighted by Crippen LogP contribution is 2.40. The number of hydrogen-bond acceptors (Lipinski definition) is 7. The van der Waals surface area contributed by atoms with Gasteiger partial charge in [0.25, 0.3) is 0 Å². The molecule has 0 saturated carbocycles. The van der Waals surface area contributed by atoms with Gasteiger partial charge in [0.1, 0.15) is 5.82 Å². The molecule has 1 aromatic heterocycles. The van der Waals surface area contributed by atoms with Crippen molar-refractivity contribution in [1.29, 1.82) is 0 Å². The summed E-state index contributed by atoms with van der Waals surface area (Å²) < 4.78 is 5.44. The van der Waals surface area contributed by atoms with Crippen LogP contribution in [0.2, 0.25) is 0 Å². The SMILES string of the molecule is C=N/C=C(\N=C/C)NC(=O)N1c2nc(N3CCOCC3)ccc2N2CC[C@H]1C2. The molecule has 1 N–H and O–H groups in total. The van der Waals surface area contributed by atoms with Crippen LogP contribution in [0.1, 0.15) is 13.3 Å². The van der Waals surface area contributed by atoms with E-state index in [1.807, 2.05) is 6.07 Å². The number of morpholine rings is 1. The smallest absolute Gasteiger partial charge is 0.329 e. The van der Waals surface area contributed by atoms with Crippen molar-refractivity contribution in [1.82, 2.24) is 10.3 Å². The molecule has 3 aliphatic rings. The van der Waals surface area contributed by atoms with Crippen molar-refractivity contribution in [3.05, 3.63) is 24.2 Å². The number of aliphatic imine (C=N–C) groups is 2. The number of hydrogen-bond donors (Lipinski definition) is 1. The topological polar surface area (TPSA) is 85.7 Å². The average Bonchev–Trinajstić information content (AvgIpc) is 3.13. The molecule has 2 amide bonds. The summed E-state index contributed by atoms with van der Waals surface area (Å²) in [6.07, 6.45) is 3.95. The molecule has 1 aromatic rings. The second-order valence-corrected chi connectivity index (χ2v) is 6.88. The molecule has 2 saturated heterocycles. The largest absolute Gasteiger partial charge is 0.378 e. The summed E-state index contributed by atoms with van der Waals surface area (Å²) in [5.74, 6) is 1.92. The van der Waals surface area contributed by atoms with E-state index >= 15 is 0 Å². The van der Waals surface area contributed by atoms with Gasteiger partial charge < -0.3 is 14.5 Å². The molecule has 2 bridgehead atoms. The highest BCUT2D eigenvalue weighted by atomic mass is 16.5. The average molecular weight is 383 g/mol.